The molecule has 1 heteroatoms. The quantitative estimate of drug-likeness (QED) is 0.727. The van der Waals surface area contributed by atoms with Crippen molar-refractivity contribution in [2.45, 2.75) is 78.2 Å². The number of rotatable bonds is 4. The summed E-state index contributed by atoms with van der Waals surface area (Å²) in [4.78, 5) is 0. The number of hydrogen-bond acceptors (Lipinski definition) is 1. The van der Waals surface area contributed by atoms with Gasteiger partial charge in [0, 0.05) is 11.8 Å². The van der Waals surface area contributed by atoms with E-state index in [2.05, 4.69) is 32.6 Å². The van der Waals surface area contributed by atoms with E-state index in [-0.39, 0.29) is 11.5 Å². The second-order valence-corrected chi connectivity index (χ2v) is 6.49. The second kappa shape index (κ2) is 7.07. The molecule has 0 heterocycles. The fraction of sp³-hybridized carbons (Fsp3) is 0.875. The van der Waals surface area contributed by atoms with Crippen LogP contribution in [0.5, 0.6) is 0 Å². The van der Waals surface area contributed by atoms with E-state index in [9.17, 15) is 5.11 Å². The van der Waals surface area contributed by atoms with Crippen molar-refractivity contribution in [2.24, 2.45) is 11.3 Å². The molecule has 1 nitrogen and oxygen atoms in total. The van der Waals surface area contributed by atoms with E-state index in [0.717, 1.165) is 12.3 Å². The molecule has 0 aromatic rings. The molecule has 0 bridgehead atoms. The van der Waals surface area contributed by atoms with Crippen LogP contribution < -0.4 is 0 Å². The van der Waals surface area contributed by atoms with Gasteiger partial charge in [0.05, 0.1) is 6.10 Å². The highest BCUT2D eigenvalue weighted by atomic mass is 16.3. The Morgan fingerprint density at radius 1 is 1.18 bits per heavy atom. The lowest BCUT2D eigenvalue weighted by molar-refractivity contribution is 0.154. The molecule has 1 atom stereocenters. The van der Waals surface area contributed by atoms with Crippen LogP contribution >= 0.6 is 0 Å². The van der Waals surface area contributed by atoms with Crippen LogP contribution in [-0.2, 0) is 0 Å². The van der Waals surface area contributed by atoms with Gasteiger partial charge in [0.2, 0.25) is 0 Å². The van der Waals surface area contributed by atoms with Crippen molar-refractivity contribution in [3.63, 3.8) is 0 Å². The highest BCUT2D eigenvalue weighted by Crippen LogP contribution is 2.27. The van der Waals surface area contributed by atoms with Crippen LogP contribution in [0.1, 0.15) is 72.1 Å². The largest absolute Gasteiger partial charge is 0.392 e. The summed E-state index contributed by atoms with van der Waals surface area (Å²) in [5.41, 5.74) is 0.0586. The van der Waals surface area contributed by atoms with Crippen molar-refractivity contribution < 1.29 is 5.11 Å². The lowest BCUT2D eigenvalue weighted by Crippen LogP contribution is -2.12. The predicted octanol–water partition coefficient (Wildman–Crippen LogP) is 4.15. The van der Waals surface area contributed by atoms with Crippen molar-refractivity contribution in [3.8, 4) is 11.8 Å². The fourth-order valence-corrected chi connectivity index (χ4v) is 2.44. The zero-order chi connectivity index (χ0) is 12.7. The van der Waals surface area contributed by atoms with Gasteiger partial charge in [0.25, 0.3) is 0 Å². The second-order valence-electron chi connectivity index (χ2n) is 6.49. The van der Waals surface area contributed by atoms with Crippen LogP contribution in [0.25, 0.3) is 0 Å². The van der Waals surface area contributed by atoms with E-state index < -0.39 is 0 Å². The van der Waals surface area contributed by atoms with E-state index in [1.807, 2.05) is 0 Å². The minimum absolute atomic E-state index is 0.0586. The standard InChI is InChI=1S/C16H28O/c1-16(2,3)13-7-10-15(17)12-11-14-8-5-4-6-9-14/h14-15,17H,4-6,8-12H2,1-3H3. The molecule has 98 valence electrons. The molecular weight excluding hydrogens is 208 g/mol. The van der Waals surface area contributed by atoms with Gasteiger partial charge in [-0.15, -0.1) is 5.92 Å². The summed E-state index contributed by atoms with van der Waals surface area (Å²) in [6, 6.07) is 0. The summed E-state index contributed by atoms with van der Waals surface area (Å²) < 4.78 is 0. The van der Waals surface area contributed by atoms with Gasteiger partial charge in [-0.25, -0.2) is 0 Å². The molecule has 1 unspecified atom stereocenters. The topological polar surface area (TPSA) is 20.2 Å². The fourth-order valence-electron chi connectivity index (χ4n) is 2.44. The Hall–Kier alpha value is -0.480. The lowest BCUT2D eigenvalue weighted by atomic mass is 9.85. The zero-order valence-corrected chi connectivity index (χ0v) is 11.8. The van der Waals surface area contributed by atoms with Gasteiger partial charge in [-0.2, -0.15) is 0 Å². The molecule has 17 heavy (non-hydrogen) atoms. The molecule has 1 fully saturated rings. The van der Waals surface area contributed by atoms with Gasteiger partial charge in [-0.05, 0) is 39.5 Å². The van der Waals surface area contributed by atoms with Gasteiger partial charge in [-0.3, -0.25) is 0 Å². The van der Waals surface area contributed by atoms with E-state index in [1.165, 1.54) is 38.5 Å². The molecule has 0 aliphatic heterocycles. The molecule has 1 N–H and O–H groups in total. The van der Waals surface area contributed by atoms with Crippen LogP contribution in [0.2, 0.25) is 0 Å². The average Bonchev–Trinajstić information content (AvgIpc) is 2.26. The maximum atomic E-state index is 9.87. The van der Waals surface area contributed by atoms with E-state index in [4.69, 9.17) is 0 Å². The van der Waals surface area contributed by atoms with Crippen molar-refractivity contribution in [3.05, 3.63) is 0 Å². The predicted molar refractivity (Wildman–Crippen MR) is 73.7 cm³/mol. The van der Waals surface area contributed by atoms with Crippen molar-refractivity contribution in [1.82, 2.24) is 0 Å². The summed E-state index contributed by atoms with van der Waals surface area (Å²) >= 11 is 0. The molecule has 0 aromatic heterocycles. The van der Waals surface area contributed by atoms with E-state index in [0.29, 0.717) is 6.42 Å². The molecule has 1 aliphatic carbocycles. The summed E-state index contributed by atoms with van der Waals surface area (Å²) in [7, 11) is 0. The third-order valence-electron chi connectivity index (χ3n) is 3.43. The molecule has 0 amide bonds. The minimum atomic E-state index is -0.216. The molecule has 1 aliphatic rings. The van der Waals surface area contributed by atoms with Gasteiger partial charge >= 0.3 is 0 Å². The zero-order valence-electron chi connectivity index (χ0n) is 11.8. The molecule has 0 spiro atoms. The lowest BCUT2D eigenvalue weighted by Gasteiger charge is -2.22. The molecular formula is C16H28O. The van der Waals surface area contributed by atoms with Gasteiger partial charge < -0.3 is 5.11 Å². The van der Waals surface area contributed by atoms with E-state index >= 15 is 0 Å². The first-order chi connectivity index (χ1) is 7.97. The highest BCUT2D eigenvalue weighted by Gasteiger charge is 2.14. The molecule has 0 saturated heterocycles. The Morgan fingerprint density at radius 2 is 1.82 bits per heavy atom. The summed E-state index contributed by atoms with van der Waals surface area (Å²) in [5, 5.41) is 9.87. The van der Waals surface area contributed by atoms with Crippen LogP contribution in [0.3, 0.4) is 0 Å². The average molecular weight is 236 g/mol. The summed E-state index contributed by atoms with van der Waals surface area (Å²) in [6.07, 6.45) is 9.50. The Kier molecular flexibility index (Phi) is 6.06. The van der Waals surface area contributed by atoms with Gasteiger partial charge in [0.1, 0.15) is 0 Å². The maximum absolute atomic E-state index is 9.87. The Balaban J connectivity index is 2.15. The maximum Gasteiger partial charge on any atom is 0.0649 e. The van der Waals surface area contributed by atoms with Gasteiger partial charge in [0.15, 0.2) is 0 Å². The third kappa shape index (κ3) is 7.45. The Morgan fingerprint density at radius 3 is 2.41 bits per heavy atom. The van der Waals surface area contributed by atoms with E-state index in [1.54, 1.807) is 0 Å². The normalized spacial score (nSPS) is 19.5. The van der Waals surface area contributed by atoms with Gasteiger partial charge in [-0.1, -0.05) is 38.0 Å². The molecule has 1 rings (SSSR count). The Labute approximate surface area is 107 Å². The summed E-state index contributed by atoms with van der Waals surface area (Å²) in [5.74, 6) is 7.16. The van der Waals surface area contributed by atoms with Crippen LogP contribution in [0.4, 0.5) is 0 Å². The minimum Gasteiger partial charge on any atom is -0.392 e. The first-order valence-corrected chi connectivity index (χ1v) is 7.15. The first-order valence-electron chi connectivity index (χ1n) is 7.15. The molecule has 0 radical (unpaired) electrons. The number of hydrogen-bond donors (Lipinski definition) is 1. The van der Waals surface area contributed by atoms with Crippen LogP contribution in [-0.4, -0.2) is 11.2 Å². The number of aliphatic hydroxyl groups is 1. The number of aliphatic hydroxyl groups excluding tert-OH is 1. The molecule has 0 aromatic carbocycles. The first kappa shape index (κ1) is 14.6. The van der Waals surface area contributed by atoms with Crippen LogP contribution in [0.15, 0.2) is 0 Å². The smallest absolute Gasteiger partial charge is 0.0649 e. The van der Waals surface area contributed by atoms with Crippen LogP contribution in [0, 0.1) is 23.2 Å². The molecule has 1 saturated carbocycles. The van der Waals surface area contributed by atoms with Crippen molar-refractivity contribution in [2.75, 3.05) is 0 Å². The highest BCUT2D eigenvalue weighted by molar-refractivity contribution is 5.07. The monoisotopic (exact) mass is 236 g/mol. The SMILES string of the molecule is CC(C)(C)C#CCC(O)CCC1CCCCC1. The summed E-state index contributed by atoms with van der Waals surface area (Å²) in [6.45, 7) is 6.32. The van der Waals surface area contributed by atoms with Crippen molar-refractivity contribution >= 4 is 0 Å². The Bertz CT molecular complexity index is 257. The third-order valence-corrected chi connectivity index (χ3v) is 3.43. The van der Waals surface area contributed by atoms with Crippen molar-refractivity contribution in [1.29, 1.82) is 0 Å².